The first-order chi connectivity index (χ1) is 11.7. The van der Waals surface area contributed by atoms with E-state index < -0.39 is 6.04 Å². The van der Waals surface area contributed by atoms with Gasteiger partial charge in [0.1, 0.15) is 6.04 Å². The van der Waals surface area contributed by atoms with E-state index in [1.54, 1.807) is 18.9 Å². The van der Waals surface area contributed by atoms with Crippen molar-refractivity contribution in [1.82, 2.24) is 9.80 Å². The van der Waals surface area contributed by atoms with Crippen molar-refractivity contribution in [2.45, 2.75) is 64.3 Å². The SMILES string of the molecule is CC(C)C(N)CCN(C)C(=O)C(C)N1C(=O)C2C3CCC(O3)C2C1=O. The summed E-state index contributed by atoms with van der Waals surface area (Å²) >= 11 is 0. The first kappa shape index (κ1) is 18.3. The van der Waals surface area contributed by atoms with Crippen molar-refractivity contribution in [3.8, 4) is 0 Å². The first-order valence-corrected chi connectivity index (χ1v) is 9.27. The second-order valence-electron chi connectivity index (χ2n) is 8.02. The Morgan fingerprint density at radius 3 is 2.20 bits per heavy atom. The van der Waals surface area contributed by atoms with Crippen LogP contribution in [0.4, 0.5) is 0 Å². The lowest BCUT2D eigenvalue weighted by atomic mass is 9.81. The van der Waals surface area contributed by atoms with Crippen molar-refractivity contribution < 1.29 is 19.1 Å². The number of nitrogens with two attached hydrogens (primary N) is 1. The molecular formula is C18H29N3O4. The van der Waals surface area contributed by atoms with Gasteiger partial charge in [-0.25, -0.2) is 0 Å². The number of ether oxygens (including phenoxy) is 1. The van der Waals surface area contributed by atoms with Crippen LogP contribution in [0, 0.1) is 17.8 Å². The van der Waals surface area contributed by atoms with Crippen LogP contribution in [0.1, 0.15) is 40.0 Å². The summed E-state index contributed by atoms with van der Waals surface area (Å²) in [6.45, 7) is 6.25. The Bertz CT molecular complexity index is 551. The number of hydrogen-bond donors (Lipinski definition) is 1. The number of likely N-dealkylation sites (N-methyl/N-ethyl adjacent to an activating group) is 1. The zero-order chi connectivity index (χ0) is 18.5. The molecule has 3 aliphatic heterocycles. The molecule has 25 heavy (non-hydrogen) atoms. The summed E-state index contributed by atoms with van der Waals surface area (Å²) in [6.07, 6.45) is 2.04. The van der Waals surface area contributed by atoms with E-state index in [9.17, 15) is 14.4 Å². The van der Waals surface area contributed by atoms with Gasteiger partial charge in [0, 0.05) is 19.6 Å². The zero-order valence-electron chi connectivity index (χ0n) is 15.5. The van der Waals surface area contributed by atoms with Crippen LogP contribution in [0.2, 0.25) is 0 Å². The van der Waals surface area contributed by atoms with Crippen LogP contribution in [0.3, 0.4) is 0 Å². The number of carbonyl (C=O) groups excluding carboxylic acids is 3. The largest absolute Gasteiger partial charge is 0.373 e. The highest BCUT2D eigenvalue weighted by atomic mass is 16.5. The molecule has 0 aliphatic carbocycles. The summed E-state index contributed by atoms with van der Waals surface area (Å²) in [5.74, 6) is -1.13. The molecule has 3 heterocycles. The van der Waals surface area contributed by atoms with E-state index in [4.69, 9.17) is 10.5 Å². The molecule has 0 spiro atoms. The molecule has 3 fully saturated rings. The van der Waals surface area contributed by atoms with Gasteiger partial charge in [-0.05, 0) is 32.1 Å². The van der Waals surface area contributed by atoms with Crippen LogP contribution in [0.15, 0.2) is 0 Å². The maximum absolute atomic E-state index is 12.7. The predicted octanol–water partition coefficient (Wildman–Crippen LogP) is 0.369. The lowest BCUT2D eigenvalue weighted by molar-refractivity contribution is -0.152. The van der Waals surface area contributed by atoms with Crippen molar-refractivity contribution in [3.05, 3.63) is 0 Å². The lowest BCUT2D eigenvalue weighted by Crippen LogP contribution is -2.50. The Morgan fingerprint density at radius 1 is 1.20 bits per heavy atom. The average Bonchev–Trinajstić information content (AvgIpc) is 3.24. The van der Waals surface area contributed by atoms with Crippen molar-refractivity contribution in [2.24, 2.45) is 23.5 Å². The van der Waals surface area contributed by atoms with E-state index in [-0.39, 0.29) is 47.8 Å². The number of imide groups is 1. The normalized spacial score (nSPS) is 33.1. The Morgan fingerprint density at radius 2 is 1.72 bits per heavy atom. The van der Waals surface area contributed by atoms with Gasteiger partial charge in [0.2, 0.25) is 17.7 Å². The van der Waals surface area contributed by atoms with Gasteiger partial charge >= 0.3 is 0 Å². The molecule has 6 atom stereocenters. The number of likely N-dealkylation sites (tertiary alicyclic amines) is 1. The van der Waals surface area contributed by atoms with Crippen LogP contribution < -0.4 is 5.73 Å². The molecule has 2 N–H and O–H groups in total. The second-order valence-corrected chi connectivity index (χ2v) is 8.02. The molecule has 140 valence electrons. The van der Waals surface area contributed by atoms with Gasteiger partial charge in [-0.2, -0.15) is 0 Å². The molecule has 3 aliphatic rings. The van der Waals surface area contributed by atoms with Gasteiger partial charge in [0.15, 0.2) is 0 Å². The lowest BCUT2D eigenvalue weighted by Gasteiger charge is -2.29. The minimum absolute atomic E-state index is 0.0211. The van der Waals surface area contributed by atoms with Crippen LogP contribution in [-0.4, -0.2) is 65.4 Å². The molecule has 0 aromatic heterocycles. The van der Waals surface area contributed by atoms with Gasteiger partial charge in [-0.3, -0.25) is 19.3 Å². The molecule has 3 saturated heterocycles. The number of hydrogen-bond acceptors (Lipinski definition) is 5. The fraction of sp³-hybridized carbons (Fsp3) is 0.833. The molecule has 2 bridgehead atoms. The van der Waals surface area contributed by atoms with Gasteiger partial charge in [-0.15, -0.1) is 0 Å². The molecule has 6 unspecified atom stereocenters. The number of nitrogens with zero attached hydrogens (tertiary/aromatic N) is 2. The van der Waals surface area contributed by atoms with E-state index >= 15 is 0 Å². The van der Waals surface area contributed by atoms with E-state index in [1.807, 2.05) is 13.8 Å². The maximum Gasteiger partial charge on any atom is 0.245 e. The summed E-state index contributed by atoms with van der Waals surface area (Å²) in [7, 11) is 1.70. The summed E-state index contributed by atoms with van der Waals surface area (Å²) in [4.78, 5) is 41.0. The fourth-order valence-corrected chi connectivity index (χ4v) is 4.33. The summed E-state index contributed by atoms with van der Waals surface area (Å²) in [6, 6.07) is -0.752. The molecule has 3 amide bonds. The minimum atomic E-state index is -0.773. The van der Waals surface area contributed by atoms with Crippen molar-refractivity contribution in [3.63, 3.8) is 0 Å². The molecule has 0 radical (unpaired) electrons. The van der Waals surface area contributed by atoms with Crippen LogP contribution >= 0.6 is 0 Å². The van der Waals surface area contributed by atoms with Crippen molar-refractivity contribution >= 4 is 17.7 Å². The number of amides is 3. The van der Waals surface area contributed by atoms with E-state index in [0.717, 1.165) is 12.8 Å². The Labute approximate surface area is 148 Å². The molecule has 7 heteroatoms. The first-order valence-electron chi connectivity index (χ1n) is 9.27. The van der Waals surface area contributed by atoms with Crippen molar-refractivity contribution in [1.29, 1.82) is 0 Å². The Balaban J connectivity index is 1.64. The van der Waals surface area contributed by atoms with Gasteiger partial charge in [-0.1, -0.05) is 13.8 Å². The van der Waals surface area contributed by atoms with E-state index in [2.05, 4.69) is 0 Å². The highest BCUT2D eigenvalue weighted by Gasteiger charge is 2.63. The van der Waals surface area contributed by atoms with Crippen LogP contribution in [0.25, 0.3) is 0 Å². The molecule has 0 aromatic rings. The van der Waals surface area contributed by atoms with E-state index in [0.29, 0.717) is 18.9 Å². The molecule has 7 nitrogen and oxygen atoms in total. The van der Waals surface area contributed by atoms with Crippen LogP contribution in [0.5, 0.6) is 0 Å². The fourth-order valence-electron chi connectivity index (χ4n) is 4.33. The zero-order valence-corrected chi connectivity index (χ0v) is 15.5. The third-order valence-electron chi connectivity index (χ3n) is 6.09. The molecule has 3 rings (SSSR count). The summed E-state index contributed by atoms with van der Waals surface area (Å²) in [5.41, 5.74) is 6.04. The summed E-state index contributed by atoms with van der Waals surface area (Å²) in [5, 5.41) is 0. The third kappa shape index (κ3) is 2.97. The van der Waals surface area contributed by atoms with Crippen LogP contribution in [-0.2, 0) is 19.1 Å². The minimum Gasteiger partial charge on any atom is -0.373 e. The monoisotopic (exact) mass is 351 g/mol. The number of carbonyl (C=O) groups is 3. The quantitative estimate of drug-likeness (QED) is 0.698. The summed E-state index contributed by atoms with van der Waals surface area (Å²) < 4.78 is 5.73. The highest BCUT2D eigenvalue weighted by molar-refractivity contribution is 6.09. The highest BCUT2D eigenvalue weighted by Crippen LogP contribution is 2.48. The molecular weight excluding hydrogens is 322 g/mol. The Kier molecular flexibility index (Phi) is 4.90. The van der Waals surface area contributed by atoms with Gasteiger partial charge in [0.25, 0.3) is 0 Å². The maximum atomic E-state index is 12.7. The smallest absolute Gasteiger partial charge is 0.245 e. The number of rotatable bonds is 6. The second kappa shape index (κ2) is 6.68. The van der Waals surface area contributed by atoms with Gasteiger partial charge in [0.05, 0.1) is 24.0 Å². The van der Waals surface area contributed by atoms with Gasteiger partial charge < -0.3 is 15.4 Å². The van der Waals surface area contributed by atoms with E-state index in [1.165, 1.54) is 4.90 Å². The molecule has 0 aromatic carbocycles. The Hall–Kier alpha value is -1.47. The standard InChI is InChI=1S/C18H29N3O4/c1-9(2)11(19)7-8-20(4)16(22)10(3)21-17(23)14-12-5-6-13(25-12)15(14)18(21)24/h9-15H,5-8,19H2,1-4H3. The topological polar surface area (TPSA) is 92.9 Å². The van der Waals surface area contributed by atoms with Crippen molar-refractivity contribution in [2.75, 3.05) is 13.6 Å². The average molecular weight is 351 g/mol. The number of fused-ring (bicyclic) bond motifs is 5. The third-order valence-corrected chi connectivity index (χ3v) is 6.09. The predicted molar refractivity (Wildman–Crippen MR) is 91.3 cm³/mol. The molecule has 0 saturated carbocycles.